The second-order valence-corrected chi connectivity index (χ2v) is 17.9. The summed E-state index contributed by atoms with van der Waals surface area (Å²) in [6, 6.07) is -1.18. The van der Waals surface area contributed by atoms with Crippen molar-refractivity contribution in [1.82, 2.24) is 5.32 Å². The number of rotatable bonds is 42. The Kier molecular flexibility index (Phi) is 37.9. The van der Waals surface area contributed by atoms with Gasteiger partial charge < -0.3 is 50.5 Å². The molecule has 0 bridgehead atoms. The van der Waals surface area contributed by atoms with Crippen molar-refractivity contribution in [2.45, 2.75) is 274 Å². The van der Waals surface area contributed by atoms with Crippen LogP contribution in [0.3, 0.4) is 0 Å². The first-order valence-corrected chi connectivity index (χ1v) is 25.2. The van der Waals surface area contributed by atoms with Crippen molar-refractivity contribution in [3.05, 3.63) is 24.3 Å². The van der Waals surface area contributed by atoms with Crippen LogP contribution in [0.25, 0.3) is 0 Å². The molecule has 61 heavy (non-hydrogen) atoms. The van der Waals surface area contributed by atoms with Gasteiger partial charge in [0, 0.05) is 0 Å². The van der Waals surface area contributed by atoms with E-state index in [2.05, 4.69) is 43.5 Å². The minimum absolute atomic E-state index is 0.248. The van der Waals surface area contributed by atoms with Crippen LogP contribution in [0.5, 0.6) is 0 Å². The van der Waals surface area contributed by atoms with Gasteiger partial charge in [0.05, 0.1) is 25.4 Å². The van der Waals surface area contributed by atoms with Gasteiger partial charge in [-0.2, -0.15) is 0 Å². The Labute approximate surface area is 372 Å². The molecule has 1 heterocycles. The van der Waals surface area contributed by atoms with E-state index in [9.17, 15) is 40.5 Å². The highest BCUT2D eigenvalue weighted by Crippen LogP contribution is 2.23. The number of unbranched alkanes of at least 4 members (excludes halogenated alkanes) is 26. The molecule has 1 aliphatic rings. The molecule has 1 aliphatic heterocycles. The minimum Gasteiger partial charge on any atom is -0.394 e. The van der Waals surface area contributed by atoms with E-state index in [-0.39, 0.29) is 12.8 Å². The number of hydrogen-bond acceptors (Lipinski definition) is 10. The Balaban J connectivity index is 2.38. The van der Waals surface area contributed by atoms with Crippen LogP contribution >= 0.6 is 0 Å². The number of amides is 1. The topological polar surface area (TPSA) is 189 Å². The highest BCUT2D eigenvalue weighted by molar-refractivity contribution is 5.80. The third-order valence-corrected chi connectivity index (χ3v) is 12.2. The Morgan fingerprint density at radius 1 is 0.557 bits per heavy atom. The van der Waals surface area contributed by atoms with E-state index < -0.39 is 74.2 Å². The lowest BCUT2D eigenvalue weighted by Gasteiger charge is -2.40. The standard InChI is InChI=1S/C50H95NO10/c1-3-5-7-9-11-13-15-17-18-19-20-21-22-23-24-25-26-28-30-32-34-36-38-43(54)49(59)51-41(40-60-50-48(58)47(57)46(56)44(39-52)61-50)45(55)42(53)37-35-33-31-29-27-16-14-12-10-8-6-4-2/h23-24,29,31,41-48,50,52-58H,3-22,25-28,30,32-40H2,1-2H3,(H,51,59)/b24-23-,31-29+. The van der Waals surface area contributed by atoms with Crippen LogP contribution in [0.2, 0.25) is 0 Å². The summed E-state index contributed by atoms with van der Waals surface area (Å²) in [6.45, 7) is 3.42. The van der Waals surface area contributed by atoms with Crippen molar-refractivity contribution in [3.8, 4) is 0 Å². The van der Waals surface area contributed by atoms with E-state index in [1.807, 2.05) is 0 Å². The van der Waals surface area contributed by atoms with E-state index in [1.165, 1.54) is 122 Å². The summed E-state index contributed by atoms with van der Waals surface area (Å²) in [6.07, 6.45) is 33.8. The molecule has 0 saturated carbocycles. The summed E-state index contributed by atoms with van der Waals surface area (Å²) in [4.78, 5) is 13.1. The van der Waals surface area contributed by atoms with Crippen molar-refractivity contribution in [2.24, 2.45) is 0 Å². The SMILES string of the molecule is CCCCCCCCC/C=C/CCCC(O)C(O)C(COC1OC(CO)C(O)C(O)C1O)NC(=O)C(O)CCCCCCCC/C=C\CCCCCCCCCCCCCC. The maximum Gasteiger partial charge on any atom is 0.249 e. The molecule has 0 aliphatic carbocycles. The van der Waals surface area contributed by atoms with Crippen LogP contribution in [-0.4, -0.2) is 110 Å². The van der Waals surface area contributed by atoms with E-state index >= 15 is 0 Å². The second kappa shape index (κ2) is 40.1. The lowest BCUT2D eigenvalue weighted by molar-refractivity contribution is -0.303. The van der Waals surface area contributed by atoms with E-state index in [0.717, 1.165) is 57.8 Å². The second-order valence-electron chi connectivity index (χ2n) is 17.9. The molecule has 1 rings (SSSR count). The first-order chi connectivity index (χ1) is 29.7. The molecule has 360 valence electrons. The molecular weight excluding hydrogens is 775 g/mol. The molecule has 1 saturated heterocycles. The van der Waals surface area contributed by atoms with Crippen molar-refractivity contribution >= 4 is 5.91 Å². The lowest BCUT2D eigenvalue weighted by Crippen LogP contribution is -2.60. The van der Waals surface area contributed by atoms with Crippen LogP contribution in [-0.2, 0) is 14.3 Å². The molecule has 0 aromatic heterocycles. The zero-order chi connectivity index (χ0) is 44.8. The number of aliphatic hydroxyl groups excluding tert-OH is 7. The van der Waals surface area contributed by atoms with Crippen molar-refractivity contribution < 1.29 is 50.0 Å². The van der Waals surface area contributed by atoms with Gasteiger partial charge in [-0.1, -0.05) is 179 Å². The van der Waals surface area contributed by atoms with Gasteiger partial charge in [-0.3, -0.25) is 4.79 Å². The number of ether oxygens (including phenoxy) is 2. The zero-order valence-corrected chi connectivity index (χ0v) is 38.9. The number of hydrogen-bond donors (Lipinski definition) is 8. The molecule has 11 heteroatoms. The molecular formula is C50H95NO10. The van der Waals surface area contributed by atoms with Gasteiger partial charge in [0.2, 0.25) is 5.91 Å². The summed E-state index contributed by atoms with van der Waals surface area (Å²) in [5, 5.41) is 75.7. The maximum absolute atomic E-state index is 13.1. The number of allylic oxidation sites excluding steroid dienone is 4. The monoisotopic (exact) mass is 870 g/mol. The van der Waals surface area contributed by atoms with E-state index in [1.54, 1.807) is 0 Å². The fraction of sp³-hybridized carbons (Fsp3) is 0.900. The molecule has 8 N–H and O–H groups in total. The summed E-state index contributed by atoms with van der Waals surface area (Å²) in [5.41, 5.74) is 0. The van der Waals surface area contributed by atoms with Gasteiger partial charge in [0.1, 0.15) is 36.6 Å². The average Bonchev–Trinajstić information content (AvgIpc) is 3.26. The first-order valence-electron chi connectivity index (χ1n) is 25.2. The molecule has 11 nitrogen and oxygen atoms in total. The fourth-order valence-corrected chi connectivity index (χ4v) is 8.02. The van der Waals surface area contributed by atoms with Gasteiger partial charge in [0.25, 0.3) is 0 Å². The predicted molar refractivity (Wildman–Crippen MR) is 247 cm³/mol. The predicted octanol–water partition coefficient (Wildman–Crippen LogP) is 9.01. The van der Waals surface area contributed by atoms with Crippen LogP contribution in [0.1, 0.15) is 219 Å². The van der Waals surface area contributed by atoms with Gasteiger partial charge in [-0.25, -0.2) is 0 Å². The quantitative estimate of drug-likeness (QED) is 0.0217. The van der Waals surface area contributed by atoms with Crippen molar-refractivity contribution in [1.29, 1.82) is 0 Å². The van der Waals surface area contributed by atoms with Crippen molar-refractivity contribution in [3.63, 3.8) is 0 Å². The molecule has 0 aromatic rings. The first kappa shape index (κ1) is 57.6. The molecule has 1 amide bonds. The Bertz CT molecular complexity index is 1040. The summed E-state index contributed by atoms with van der Waals surface area (Å²) in [5.74, 6) is -0.711. The van der Waals surface area contributed by atoms with E-state index in [0.29, 0.717) is 12.8 Å². The van der Waals surface area contributed by atoms with Gasteiger partial charge in [-0.15, -0.1) is 0 Å². The largest absolute Gasteiger partial charge is 0.394 e. The van der Waals surface area contributed by atoms with Crippen LogP contribution < -0.4 is 5.32 Å². The number of carbonyl (C=O) groups is 1. The van der Waals surface area contributed by atoms with Crippen LogP contribution in [0.15, 0.2) is 24.3 Å². The summed E-state index contributed by atoms with van der Waals surface area (Å²) >= 11 is 0. The number of carbonyl (C=O) groups excluding carboxylic acids is 1. The molecule has 0 aromatic carbocycles. The summed E-state index contributed by atoms with van der Waals surface area (Å²) in [7, 11) is 0. The smallest absolute Gasteiger partial charge is 0.249 e. The third kappa shape index (κ3) is 29.6. The highest BCUT2D eigenvalue weighted by atomic mass is 16.7. The van der Waals surface area contributed by atoms with Crippen LogP contribution in [0, 0.1) is 0 Å². The van der Waals surface area contributed by atoms with Gasteiger partial charge in [-0.05, 0) is 64.2 Å². The van der Waals surface area contributed by atoms with Crippen molar-refractivity contribution in [2.75, 3.05) is 13.2 Å². The van der Waals surface area contributed by atoms with Gasteiger partial charge in [0.15, 0.2) is 6.29 Å². The summed E-state index contributed by atoms with van der Waals surface area (Å²) < 4.78 is 11.1. The molecule has 9 unspecified atom stereocenters. The van der Waals surface area contributed by atoms with E-state index in [4.69, 9.17) is 9.47 Å². The average molecular weight is 870 g/mol. The minimum atomic E-state index is -1.67. The molecule has 0 spiro atoms. The number of aliphatic hydroxyl groups is 7. The normalized spacial score (nSPS) is 21.6. The van der Waals surface area contributed by atoms with Crippen LogP contribution in [0.4, 0.5) is 0 Å². The zero-order valence-electron chi connectivity index (χ0n) is 38.9. The highest BCUT2D eigenvalue weighted by Gasteiger charge is 2.44. The Morgan fingerprint density at radius 3 is 1.41 bits per heavy atom. The molecule has 9 atom stereocenters. The fourth-order valence-electron chi connectivity index (χ4n) is 8.02. The molecule has 1 fully saturated rings. The maximum atomic E-state index is 13.1. The Hall–Kier alpha value is -1.41. The number of nitrogens with one attached hydrogen (secondary N) is 1. The lowest BCUT2D eigenvalue weighted by atomic mass is 9.98. The van der Waals surface area contributed by atoms with Gasteiger partial charge >= 0.3 is 0 Å². The molecule has 0 radical (unpaired) electrons. The Morgan fingerprint density at radius 2 is 0.967 bits per heavy atom. The third-order valence-electron chi connectivity index (χ3n) is 12.2.